The minimum atomic E-state index is 0.364. The summed E-state index contributed by atoms with van der Waals surface area (Å²) in [6, 6.07) is 8.66. The van der Waals surface area contributed by atoms with Crippen LogP contribution in [-0.2, 0) is 11.2 Å². The zero-order chi connectivity index (χ0) is 9.10. The molecule has 1 N–H and O–H groups in total. The monoisotopic (exact) mass is 177 g/mol. The molecule has 0 bridgehead atoms. The second-order valence-corrected chi connectivity index (χ2v) is 3.58. The summed E-state index contributed by atoms with van der Waals surface area (Å²) in [5.41, 5.74) is 2.67. The maximum absolute atomic E-state index is 5.48. The fraction of sp³-hybridized carbons (Fsp3) is 0.455. The van der Waals surface area contributed by atoms with Gasteiger partial charge in [0.1, 0.15) is 0 Å². The molecule has 1 fully saturated rings. The van der Waals surface area contributed by atoms with Crippen molar-refractivity contribution in [3.8, 4) is 0 Å². The summed E-state index contributed by atoms with van der Waals surface area (Å²) in [5.74, 6) is 0. The highest BCUT2D eigenvalue weighted by Gasteiger charge is 2.14. The molecule has 1 atom stereocenters. The van der Waals surface area contributed by atoms with Crippen LogP contribution in [0.15, 0.2) is 24.3 Å². The Kier molecular flexibility index (Phi) is 2.62. The van der Waals surface area contributed by atoms with E-state index in [0.717, 1.165) is 13.0 Å². The molecule has 1 aliphatic rings. The summed E-state index contributed by atoms with van der Waals surface area (Å²) < 4.78 is 5.48. The molecule has 0 aromatic heterocycles. The maximum Gasteiger partial charge on any atom is 0.0970 e. The van der Waals surface area contributed by atoms with Gasteiger partial charge in [-0.05, 0) is 18.9 Å². The molecule has 2 nitrogen and oxygen atoms in total. The van der Waals surface area contributed by atoms with Crippen LogP contribution in [0.3, 0.4) is 0 Å². The Morgan fingerprint density at radius 1 is 1.38 bits per heavy atom. The van der Waals surface area contributed by atoms with Gasteiger partial charge in [-0.25, -0.2) is 0 Å². The molecule has 0 aliphatic carbocycles. The lowest BCUT2D eigenvalue weighted by atomic mass is 10.1. The SMILES string of the molecule is Cc1ccc(CC2CNCO2)cc1. The number of hydrogen-bond acceptors (Lipinski definition) is 2. The fourth-order valence-electron chi connectivity index (χ4n) is 1.57. The average Bonchev–Trinajstić information content (AvgIpc) is 2.62. The summed E-state index contributed by atoms with van der Waals surface area (Å²) in [4.78, 5) is 0. The van der Waals surface area contributed by atoms with E-state index in [1.807, 2.05) is 0 Å². The van der Waals surface area contributed by atoms with Gasteiger partial charge in [-0.3, -0.25) is 5.32 Å². The molecule has 1 saturated heterocycles. The number of benzene rings is 1. The number of hydrogen-bond donors (Lipinski definition) is 1. The topological polar surface area (TPSA) is 21.3 Å². The highest BCUT2D eigenvalue weighted by molar-refractivity contribution is 5.21. The van der Waals surface area contributed by atoms with E-state index in [-0.39, 0.29) is 0 Å². The van der Waals surface area contributed by atoms with Crippen molar-refractivity contribution in [2.75, 3.05) is 13.3 Å². The Labute approximate surface area is 78.9 Å². The zero-order valence-electron chi connectivity index (χ0n) is 7.92. The number of nitrogens with one attached hydrogen (secondary N) is 1. The first-order chi connectivity index (χ1) is 6.34. The first-order valence-corrected chi connectivity index (χ1v) is 4.72. The normalized spacial score (nSPS) is 22.1. The Bertz CT molecular complexity index is 262. The van der Waals surface area contributed by atoms with Crippen molar-refractivity contribution in [2.24, 2.45) is 0 Å². The van der Waals surface area contributed by atoms with E-state index in [9.17, 15) is 0 Å². The van der Waals surface area contributed by atoms with Crippen molar-refractivity contribution in [1.82, 2.24) is 5.32 Å². The molecule has 1 aliphatic heterocycles. The Morgan fingerprint density at radius 2 is 2.15 bits per heavy atom. The lowest BCUT2D eigenvalue weighted by Gasteiger charge is -2.07. The molecule has 0 amide bonds. The summed E-state index contributed by atoms with van der Waals surface area (Å²) in [6.07, 6.45) is 1.38. The van der Waals surface area contributed by atoms with Gasteiger partial charge in [0.25, 0.3) is 0 Å². The second-order valence-electron chi connectivity index (χ2n) is 3.58. The van der Waals surface area contributed by atoms with E-state index >= 15 is 0 Å². The Balaban J connectivity index is 1.97. The van der Waals surface area contributed by atoms with Gasteiger partial charge >= 0.3 is 0 Å². The molecule has 70 valence electrons. The van der Waals surface area contributed by atoms with Crippen LogP contribution >= 0.6 is 0 Å². The van der Waals surface area contributed by atoms with Gasteiger partial charge in [0.15, 0.2) is 0 Å². The molecule has 0 saturated carbocycles. The van der Waals surface area contributed by atoms with Gasteiger partial charge in [0, 0.05) is 6.54 Å². The van der Waals surface area contributed by atoms with E-state index in [1.54, 1.807) is 0 Å². The lowest BCUT2D eigenvalue weighted by molar-refractivity contribution is 0.114. The van der Waals surface area contributed by atoms with Crippen molar-refractivity contribution in [3.63, 3.8) is 0 Å². The summed E-state index contributed by atoms with van der Waals surface area (Å²) >= 11 is 0. The van der Waals surface area contributed by atoms with Crippen LogP contribution in [0.2, 0.25) is 0 Å². The van der Waals surface area contributed by atoms with Crippen molar-refractivity contribution in [3.05, 3.63) is 35.4 Å². The Hall–Kier alpha value is -0.860. The van der Waals surface area contributed by atoms with Gasteiger partial charge in [-0.1, -0.05) is 29.8 Å². The zero-order valence-corrected chi connectivity index (χ0v) is 7.92. The van der Waals surface area contributed by atoms with Gasteiger partial charge in [0.2, 0.25) is 0 Å². The van der Waals surface area contributed by atoms with Crippen LogP contribution in [0.5, 0.6) is 0 Å². The molecule has 13 heavy (non-hydrogen) atoms. The average molecular weight is 177 g/mol. The highest BCUT2D eigenvalue weighted by Crippen LogP contribution is 2.09. The molecule has 1 aromatic rings. The third-order valence-corrected chi connectivity index (χ3v) is 2.38. The van der Waals surface area contributed by atoms with E-state index in [0.29, 0.717) is 12.8 Å². The van der Waals surface area contributed by atoms with E-state index < -0.39 is 0 Å². The molecule has 2 rings (SSSR count). The van der Waals surface area contributed by atoms with E-state index in [2.05, 4.69) is 36.5 Å². The molecule has 0 spiro atoms. The van der Waals surface area contributed by atoms with Crippen LogP contribution in [0.4, 0.5) is 0 Å². The second kappa shape index (κ2) is 3.90. The minimum Gasteiger partial charge on any atom is -0.361 e. The van der Waals surface area contributed by atoms with Crippen LogP contribution in [0.25, 0.3) is 0 Å². The third-order valence-electron chi connectivity index (χ3n) is 2.38. The van der Waals surface area contributed by atoms with E-state index in [4.69, 9.17) is 4.74 Å². The molecule has 1 unspecified atom stereocenters. The van der Waals surface area contributed by atoms with Crippen molar-refractivity contribution >= 4 is 0 Å². The van der Waals surface area contributed by atoms with Gasteiger partial charge in [0.05, 0.1) is 12.8 Å². The molecule has 2 heteroatoms. The molecule has 1 heterocycles. The fourth-order valence-corrected chi connectivity index (χ4v) is 1.57. The summed E-state index contributed by atoms with van der Waals surface area (Å²) in [7, 11) is 0. The number of rotatable bonds is 2. The predicted molar refractivity (Wildman–Crippen MR) is 52.6 cm³/mol. The Morgan fingerprint density at radius 3 is 2.77 bits per heavy atom. The molecule has 1 aromatic carbocycles. The first kappa shape index (κ1) is 8.73. The molecular weight excluding hydrogens is 162 g/mol. The highest BCUT2D eigenvalue weighted by atomic mass is 16.5. The van der Waals surface area contributed by atoms with Crippen LogP contribution < -0.4 is 5.32 Å². The number of aryl methyl sites for hydroxylation is 1. The maximum atomic E-state index is 5.48. The van der Waals surface area contributed by atoms with Crippen molar-refractivity contribution in [2.45, 2.75) is 19.4 Å². The predicted octanol–water partition coefficient (Wildman–Crippen LogP) is 1.48. The smallest absolute Gasteiger partial charge is 0.0970 e. The summed E-state index contributed by atoms with van der Waals surface area (Å²) in [6.45, 7) is 3.79. The quantitative estimate of drug-likeness (QED) is 0.739. The third kappa shape index (κ3) is 2.29. The molecular formula is C11H15NO. The lowest BCUT2D eigenvalue weighted by Crippen LogP contribution is -2.16. The number of ether oxygens (including phenoxy) is 1. The molecule has 0 radical (unpaired) electrons. The van der Waals surface area contributed by atoms with E-state index in [1.165, 1.54) is 11.1 Å². The van der Waals surface area contributed by atoms with Gasteiger partial charge in [-0.2, -0.15) is 0 Å². The van der Waals surface area contributed by atoms with Crippen LogP contribution in [0, 0.1) is 6.92 Å². The largest absolute Gasteiger partial charge is 0.361 e. The van der Waals surface area contributed by atoms with Gasteiger partial charge in [-0.15, -0.1) is 0 Å². The standard InChI is InChI=1S/C11H15NO/c1-9-2-4-10(5-3-9)6-11-7-12-8-13-11/h2-5,11-12H,6-8H2,1H3. The van der Waals surface area contributed by atoms with Crippen molar-refractivity contribution in [1.29, 1.82) is 0 Å². The minimum absolute atomic E-state index is 0.364. The van der Waals surface area contributed by atoms with Crippen LogP contribution in [0.1, 0.15) is 11.1 Å². The summed E-state index contributed by atoms with van der Waals surface area (Å²) in [5, 5.41) is 3.18. The van der Waals surface area contributed by atoms with Crippen molar-refractivity contribution < 1.29 is 4.74 Å². The van der Waals surface area contributed by atoms with Crippen LogP contribution in [-0.4, -0.2) is 19.4 Å². The first-order valence-electron chi connectivity index (χ1n) is 4.72. The van der Waals surface area contributed by atoms with Gasteiger partial charge < -0.3 is 4.74 Å².